The van der Waals surface area contributed by atoms with Gasteiger partial charge in [-0.05, 0) is 43.2 Å². The molecule has 1 aromatic carbocycles. The molecular weight excluding hydrogens is 236 g/mol. The van der Waals surface area contributed by atoms with Crippen LogP contribution in [0.3, 0.4) is 0 Å². The number of thioether (sulfide) groups is 1. The van der Waals surface area contributed by atoms with Crippen LogP contribution in [0, 0.1) is 11.8 Å². The zero-order valence-electron chi connectivity index (χ0n) is 10.7. The van der Waals surface area contributed by atoms with Crippen LogP contribution in [-0.4, -0.2) is 5.25 Å². The molecule has 2 aliphatic carbocycles. The number of allylic oxidation sites excluding steroid dienone is 2. The minimum atomic E-state index is 0.566. The van der Waals surface area contributed by atoms with Gasteiger partial charge in [-0.3, -0.25) is 0 Å². The first-order valence-corrected chi connectivity index (χ1v) is 7.79. The number of benzene rings is 1. The Labute approximate surface area is 114 Å². The van der Waals surface area contributed by atoms with Gasteiger partial charge in [-0.25, -0.2) is 0 Å². The van der Waals surface area contributed by atoms with E-state index in [1.807, 2.05) is 11.8 Å². The summed E-state index contributed by atoms with van der Waals surface area (Å²) in [5, 5.41) is 0.566. The summed E-state index contributed by atoms with van der Waals surface area (Å²) < 4.78 is 0. The first kappa shape index (κ1) is 12.1. The Kier molecular flexibility index (Phi) is 3.60. The quantitative estimate of drug-likeness (QED) is 0.665. The fraction of sp³-hybridized carbons (Fsp3) is 0.412. The van der Waals surface area contributed by atoms with Crippen molar-refractivity contribution >= 4 is 11.8 Å². The third-order valence-electron chi connectivity index (χ3n) is 4.21. The highest BCUT2D eigenvalue weighted by atomic mass is 32.2. The molecule has 0 amide bonds. The van der Waals surface area contributed by atoms with Crippen molar-refractivity contribution in [3.05, 3.63) is 54.6 Å². The van der Waals surface area contributed by atoms with E-state index in [2.05, 4.69) is 49.1 Å². The van der Waals surface area contributed by atoms with Crippen LogP contribution < -0.4 is 0 Å². The van der Waals surface area contributed by atoms with Crippen LogP contribution in [0.1, 0.15) is 25.7 Å². The third-order valence-corrected chi connectivity index (χ3v) is 5.54. The maximum Gasteiger partial charge on any atom is 0.0338 e. The van der Waals surface area contributed by atoms with E-state index in [1.54, 1.807) is 0 Å². The van der Waals surface area contributed by atoms with Gasteiger partial charge in [0.2, 0.25) is 0 Å². The summed E-state index contributed by atoms with van der Waals surface area (Å²) in [5.74, 6) is 1.52. The Hall–Kier alpha value is -0.950. The Morgan fingerprint density at radius 1 is 1.11 bits per heavy atom. The van der Waals surface area contributed by atoms with Gasteiger partial charge < -0.3 is 0 Å². The molecule has 0 N–H and O–H groups in total. The van der Waals surface area contributed by atoms with Crippen LogP contribution in [0.15, 0.2) is 59.5 Å². The predicted octanol–water partition coefficient (Wildman–Crippen LogP) is 5.08. The van der Waals surface area contributed by atoms with Crippen molar-refractivity contribution in [1.29, 1.82) is 0 Å². The fourth-order valence-corrected chi connectivity index (χ4v) is 4.41. The molecule has 0 saturated heterocycles. The molecule has 0 spiro atoms. The summed E-state index contributed by atoms with van der Waals surface area (Å²) in [6.45, 7) is 4.43. The van der Waals surface area contributed by atoms with Crippen LogP contribution in [-0.2, 0) is 0 Å². The van der Waals surface area contributed by atoms with Crippen molar-refractivity contribution in [2.24, 2.45) is 11.8 Å². The van der Waals surface area contributed by atoms with Gasteiger partial charge in [0.05, 0.1) is 0 Å². The maximum atomic E-state index is 4.43. The van der Waals surface area contributed by atoms with Crippen molar-refractivity contribution in [2.75, 3.05) is 0 Å². The normalized spacial score (nSPS) is 31.1. The minimum absolute atomic E-state index is 0.566. The lowest BCUT2D eigenvalue weighted by Gasteiger charge is -2.23. The van der Waals surface area contributed by atoms with Gasteiger partial charge >= 0.3 is 0 Å². The van der Waals surface area contributed by atoms with Gasteiger partial charge in [0.1, 0.15) is 0 Å². The van der Waals surface area contributed by atoms with Gasteiger partial charge in [0.25, 0.3) is 0 Å². The molecule has 1 fully saturated rings. The third kappa shape index (κ3) is 2.42. The zero-order valence-corrected chi connectivity index (χ0v) is 11.5. The minimum Gasteiger partial charge on any atom is -0.118 e. The lowest BCUT2D eigenvalue weighted by molar-refractivity contribution is 0.527. The van der Waals surface area contributed by atoms with E-state index in [1.165, 1.54) is 29.7 Å². The second kappa shape index (κ2) is 5.36. The monoisotopic (exact) mass is 256 g/mol. The summed E-state index contributed by atoms with van der Waals surface area (Å²) in [6.07, 6.45) is 10.1. The van der Waals surface area contributed by atoms with E-state index in [-0.39, 0.29) is 0 Å². The van der Waals surface area contributed by atoms with E-state index in [4.69, 9.17) is 0 Å². The summed E-state index contributed by atoms with van der Waals surface area (Å²) in [4.78, 5) is 1.37. The predicted molar refractivity (Wildman–Crippen MR) is 79.8 cm³/mol. The molecule has 94 valence electrons. The highest BCUT2D eigenvalue weighted by molar-refractivity contribution is 8.00. The Morgan fingerprint density at radius 3 is 2.78 bits per heavy atom. The first-order valence-electron chi connectivity index (χ1n) is 6.91. The number of fused-ring (bicyclic) bond motifs is 1. The van der Waals surface area contributed by atoms with Crippen molar-refractivity contribution in [1.82, 2.24) is 0 Å². The summed E-state index contributed by atoms with van der Waals surface area (Å²) in [5.41, 5.74) is 1.48. The Balaban J connectivity index is 1.76. The van der Waals surface area contributed by atoms with E-state index in [9.17, 15) is 0 Å². The summed E-state index contributed by atoms with van der Waals surface area (Å²) in [7, 11) is 0. The Morgan fingerprint density at radius 2 is 1.94 bits per heavy atom. The van der Waals surface area contributed by atoms with Crippen molar-refractivity contribution in [3.63, 3.8) is 0 Å². The van der Waals surface area contributed by atoms with Gasteiger partial charge in [0.15, 0.2) is 0 Å². The zero-order chi connectivity index (χ0) is 12.4. The largest absolute Gasteiger partial charge is 0.118 e. The van der Waals surface area contributed by atoms with Crippen LogP contribution in [0.25, 0.3) is 0 Å². The SMILES string of the molecule is C=C1[C@@H](Sc2ccccc2)CC=C[C@@H]2CCC[C@@H]12. The average Bonchev–Trinajstić information content (AvgIpc) is 2.81. The molecule has 0 aliphatic heterocycles. The first-order chi connectivity index (χ1) is 8.84. The van der Waals surface area contributed by atoms with E-state index in [0.717, 1.165) is 18.3 Å². The molecule has 1 saturated carbocycles. The molecule has 0 aromatic heterocycles. The standard InChI is InChI=1S/C17H20S/c1-13-16-11-5-7-14(16)8-6-12-17(13)18-15-9-3-2-4-10-15/h2-4,6,8-10,14,16-17H,1,5,7,11-12H2/t14-,16-,17-/m0/s1. The topological polar surface area (TPSA) is 0 Å². The summed E-state index contributed by atoms with van der Waals surface area (Å²) >= 11 is 1.98. The van der Waals surface area contributed by atoms with Gasteiger partial charge in [-0.15, -0.1) is 11.8 Å². The molecule has 0 nitrogen and oxygen atoms in total. The Bertz CT molecular complexity index is 446. The van der Waals surface area contributed by atoms with E-state index in [0.29, 0.717) is 5.25 Å². The molecular formula is C17H20S. The molecule has 3 rings (SSSR count). The molecule has 1 aromatic rings. The fourth-order valence-electron chi connectivity index (χ4n) is 3.23. The lowest BCUT2D eigenvalue weighted by Crippen LogP contribution is -2.14. The lowest BCUT2D eigenvalue weighted by atomic mass is 9.89. The van der Waals surface area contributed by atoms with E-state index < -0.39 is 0 Å². The van der Waals surface area contributed by atoms with Crippen molar-refractivity contribution in [2.45, 2.75) is 35.8 Å². The highest BCUT2D eigenvalue weighted by Crippen LogP contribution is 2.44. The second-order valence-electron chi connectivity index (χ2n) is 5.36. The van der Waals surface area contributed by atoms with Crippen LogP contribution in [0.5, 0.6) is 0 Å². The molecule has 0 radical (unpaired) electrons. The van der Waals surface area contributed by atoms with Crippen molar-refractivity contribution in [3.8, 4) is 0 Å². The second-order valence-corrected chi connectivity index (χ2v) is 6.64. The van der Waals surface area contributed by atoms with Gasteiger partial charge in [0, 0.05) is 10.1 Å². The maximum absolute atomic E-state index is 4.43. The van der Waals surface area contributed by atoms with Crippen LogP contribution in [0.4, 0.5) is 0 Å². The number of hydrogen-bond acceptors (Lipinski definition) is 1. The number of rotatable bonds is 2. The van der Waals surface area contributed by atoms with Crippen LogP contribution in [0.2, 0.25) is 0 Å². The van der Waals surface area contributed by atoms with Crippen LogP contribution >= 0.6 is 11.8 Å². The molecule has 0 unspecified atom stereocenters. The summed E-state index contributed by atoms with van der Waals surface area (Å²) in [6, 6.07) is 10.7. The van der Waals surface area contributed by atoms with Gasteiger partial charge in [-0.2, -0.15) is 0 Å². The van der Waals surface area contributed by atoms with E-state index >= 15 is 0 Å². The smallest absolute Gasteiger partial charge is 0.0338 e. The molecule has 18 heavy (non-hydrogen) atoms. The number of hydrogen-bond donors (Lipinski definition) is 0. The van der Waals surface area contributed by atoms with Gasteiger partial charge in [-0.1, -0.05) is 48.9 Å². The molecule has 3 atom stereocenters. The molecule has 0 bridgehead atoms. The molecule has 0 heterocycles. The average molecular weight is 256 g/mol. The molecule has 1 heteroatoms. The van der Waals surface area contributed by atoms with Crippen molar-refractivity contribution < 1.29 is 0 Å². The molecule has 2 aliphatic rings. The highest BCUT2D eigenvalue weighted by Gasteiger charge is 2.32.